The zero-order valence-electron chi connectivity index (χ0n) is 13.6. The fraction of sp³-hybridized carbons (Fsp3) is 0.625. The molecule has 7 heteroatoms. The molecule has 1 fully saturated rings. The lowest BCUT2D eigenvalue weighted by atomic mass is 9.93. The van der Waals surface area contributed by atoms with Crippen LogP contribution < -0.4 is 20.9 Å². The average Bonchev–Trinajstić information content (AvgIpc) is 2.52. The third-order valence-electron chi connectivity index (χ3n) is 4.01. The van der Waals surface area contributed by atoms with E-state index in [2.05, 4.69) is 26.6 Å². The number of pyridine rings is 1. The molecule has 0 bridgehead atoms. The summed E-state index contributed by atoms with van der Waals surface area (Å²) in [5, 5.41) is 6.07. The lowest BCUT2D eigenvalue weighted by Gasteiger charge is -2.29. The summed E-state index contributed by atoms with van der Waals surface area (Å²) in [6.45, 7) is 3.14. The maximum Gasteiger partial charge on any atom is 0.254 e. The molecule has 128 valence electrons. The van der Waals surface area contributed by atoms with Gasteiger partial charge >= 0.3 is 0 Å². The second kappa shape index (κ2) is 8.49. The Morgan fingerprint density at radius 2 is 2.09 bits per heavy atom. The minimum Gasteiger partial charge on any atom is -0.489 e. The first-order valence-electron chi connectivity index (χ1n) is 8.02. The van der Waals surface area contributed by atoms with Crippen molar-refractivity contribution in [3.05, 3.63) is 27.1 Å². The van der Waals surface area contributed by atoms with Gasteiger partial charge in [-0.3, -0.25) is 9.59 Å². The number of aryl methyl sites for hydroxylation is 1. The van der Waals surface area contributed by atoms with Gasteiger partial charge in [0.05, 0.1) is 17.1 Å². The highest BCUT2D eigenvalue weighted by Crippen LogP contribution is 2.28. The van der Waals surface area contributed by atoms with E-state index < -0.39 is 0 Å². The molecule has 0 unspecified atom stereocenters. The molecule has 1 heterocycles. The molecule has 1 aromatic rings. The summed E-state index contributed by atoms with van der Waals surface area (Å²) < 4.78 is 8.24. The summed E-state index contributed by atoms with van der Waals surface area (Å²) in [5.74, 6) is 0.637. The van der Waals surface area contributed by atoms with E-state index in [1.807, 2.05) is 6.92 Å². The van der Waals surface area contributed by atoms with Gasteiger partial charge in [0, 0.05) is 25.4 Å². The van der Waals surface area contributed by atoms with Crippen LogP contribution >= 0.6 is 15.9 Å². The Hall–Kier alpha value is -1.34. The van der Waals surface area contributed by atoms with Crippen molar-refractivity contribution >= 4 is 21.8 Å². The van der Waals surface area contributed by atoms with Crippen LogP contribution in [0.5, 0.6) is 5.75 Å². The third-order valence-corrected chi connectivity index (χ3v) is 4.61. The molecule has 1 saturated carbocycles. The molecule has 0 saturated heterocycles. The molecule has 6 nitrogen and oxygen atoms in total. The fourth-order valence-electron chi connectivity index (χ4n) is 2.69. The van der Waals surface area contributed by atoms with Gasteiger partial charge in [0.2, 0.25) is 5.91 Å². The van der Waals surface area contributed by atoms with Gasteiger partial charge in [0.15, 0.2) is 0 Å². The normalized spacial score (nSPS) is 21.0. The first kappa shape index (κ1) is 18.0. The number of ether oxygens (including phenoxy) is 1. The van der Waals surface area contributed by atoms with Gasteiger partial charge in [-0.25, -0.2) is 0 Å². The van der Waals surface area contributed by atoms with Gasteiger partial charge < -0.3 is 19.9 Å². The van der Waals surface area contributed by atoms with E-state index in [0.29, 0.717) is 12.3 Å². The van der Waals surface area contributed by atoms with Crippen molar-refractivity contribution in [1.29, 1.82) is 0 Å². The first-order valence-corrected chi connectivity index (χ1v) is 8.81. The van der Waals surface area contributed by atoms with Gasteiger partial charge in [0.25, 0.3) is 5.56 Å². The molecule has 0 radical (unpaired) electrons. The number of carbonyl (C=O) groups excluding carboxylic acids is 1. The van der Waals surface area contributed by atoms with Gasteiger partial charge in [-0.1, -0.05) is 6.92 Å². The molecular formula is C16H24BrN3O3. The molecule has 1 aromatic heterocycles. The molecule has 2 rings (SSSR count). The summed E-state index contributed by atoms with van der Waals surface area (Å²) >= 11 is 3.43. The van der Waals surface area contributed by atoms with Crippen molar-refractivity contribution in [2.75, 3.05) is 13.1 Å². The molecule has 1 amide bonds. The maximum atomic E-state index is 11.7. The van der Waals surface area contributed by atoms with Crippen molar-refractivity contribution in [3.63, 3.8) is 0 Å². The van der Waals surface area contributed by atoms with Gasteiger partial charge in [-0.15, -0.1) is 0 Å². The predicted octanol–water partition coefficient (Wildman–Crippen LogP) is 1.56. The molecule has 0 atom stereocenters. The zero-order valence-corrected chi connectivity index (χ0v) is 15.2. The molecule has 0 aliphatic heterocycles. The number of carbonyl (C=O) groups is 1. The number of hydrogen-bond donors (Lipinski definition) is 2. The van der Waals surface area contributed by atoms with Crippen LogP contribution in [0.3, 0.4) is 0 Å². The lowest BCUT2D eigenvalue weighted by molar-refractivity contribution is -0.121. The Balaban J connectivity index is 1.82. The Morgan fingerprint density at radius 3 is 2.74 bits per heavy atom. The number of halogens is 1. The smallest absolute Gasteiger partial charge is 0.254 e. The zero-order chi connectivity index (χ0) is 16.8. The second-order valence-corrected chi connectivity index (χ2v) is 6.73. The highest BCUT2D eigenvalue weighted by molar-refractivity contribution is 9.10. The Bertz CT molecular complexity index is 595. The van der Waals surface area contributed by atoms with Crippen LogP contribution in [0.4, 0.5) is 0 Å². The number of likely N-dealkylation sites (N-methyl/N-ethyl adjacent to an activating group) is 1. The summed E-state index contributed by atoms with van der Waals surface area (Å²) in [5.41, 5.74) is -0.0902. The van der Waals surface area contributed by atoms with Gasteiger partial charge in [-0.2, -0.15) is 0 Å². The molecule has 1 aliphatic carbocycles. The molecule has 2 N–H and O–H groups in total. The minimum absolute atomic E-state index is 0.0468. The number of aromatic nitrogens is 1. The number of nitrogens with one attached hydrogen (secondary N) is 2. The highest BCUT2D eigenvalue weighted by Gasteiger charge is 2.24. The number of hydrogen-bond acceptors (Lipinski definition) is 4. The Labute approximate surface area is 144 Å². The standard InChI is InChI=1S/C16H24BrN3O3/c1-3-18-9-15(21)19-11-4-6-12(7-5-11)23-14-8-16(22)20(2)10-13(14)17/h8,10-12,18H,3-7,9H2,1-2H3,(H,19,21). The van der Waals surface area contributed by atoms with Crippen LogP contribution in [0.15, 0.2) is 21.5 Å². The van der Waals surface area contributed by atoms with E-state index >= 15 is 0 Å². The fourth-order valence-corrected chi connectivity index (χ4v) is 3.21. The van der Waals surface area contributed by atoms with Crippen molar-refractivity contribution in [2.24, 2.45) is 7.05 Å². The number of amides is 1. The van der Waals surface area contributed by atoms with Crippen molar-refractivity contribution in [3.8, 4) is 5.75 Å². The number of nitrogens with zero attached hydrogens (tertiary/aromatic N) is 1. The molecule has 1 aliphatic rings. The third kappa shape index (κ3) is 5.35. The van der Waals surface area contributed by atoms with Crippen molar-refractivity contribution in [2.45, 2.75) is 44.8 Å². The maximum absolute atomic E-state index is 11.7. The lowest BCUT2D eigenvalue weighted by Crippen LogP contribution is -2.43. The summed E-state index contributed by atoms with van der Waals surface area (Å²) in [6, 6.07) is 1.72. The molecule has 0 spiro atoms. The van der Waals surface area contributed by atoms with E-state index in [9.17, 15) is 9.59 Å². The first-order chi connectivity index (χ1) is 11.0. The second-order valence-electron chi connectivity index (χ2n) is 5.87. The van der Waals surface area contributed by atoms with Crippen molar-refractivity contribution < 1.29 is 9.53 Å². The van der Waals surface area contributed by atoms with Crippen LogP contribution in [-0.2, 0) is 11.8 Å². The SMILES string of the molecule is CCNCC(=O)NC1CCC(Oc2cc(=O)n(C)cc2Br)CC1. The highest BCUT2D eigenvalue weighted by atomic mass is 79.9. The van der Waals surface area contributed by atoms with Crippen LogP contribution in [0.25, 0.3) is 0 Å². The van der Waals surface area contributed by atoms with E-state index in [1.165, 1.54) is 10.6 Å². The van der Waals surface area contributed by atoms with Crippen LogP contribution in [0.1, 0.15) is 32.6 Å². The van der Waals surface area contributed by atoms with Gasteiger partial charge in [0.1, 0.15) is 5.75 Å². The summed E-state index contributed by atoms with van der Waals surface area (Å²) in [6.07, 6.45) is 5.32. The largest absolute Gasteiger partial charge is 0.489 e. The van der Waals surface area contributed by atoms with E-state index in [1.54, 1.807) is 13.2 Å². The van der Waals surface area contributed by atoms with Crippen LogP contribution in [-0.4, -0.2) is 35.7 Å². The van der Waals surface area contributed by atoms with Crippen molar-refractivity contribution in [1.82, 2.24) is 15.2 Å². The van der Waals surface area contributed by atoms with E-state index in [4.69, 9.17) is 4.74 Å². The van der Waals surface area contributed by atoms with Crippen LogP contribution in [0, 0.1) is 0 Å². The number of rotatable bonds is 6. The summed E-state index contributed by atoms with van der Waals surface area (Å²) in [7, 11) is 1.71. The van der Waals surface area contributed by atoms with E-state index in [-0.39, 0.29) is 23.6 Å². The molecule has 23 heavy (non-hydrogen) atoms. The Kier molecular flexibility index (Phi) is 6.65. The Morgan fingerprint density at radius 1 is 1.39 bits per heavy atom. The summed E-state index contributed by atoms with van der Waals surface area (Å²) in [4.78, 5) is 23.4. The quantitative estimate of drug-likeness (QED) is 0.779. The van der Waals surface area contributed by atoms with Gasteiger partial charge in [-0.05, 0) is 48.2 Å². The van der Waals surface area contributed by atoms with E-state index in [0.717, 1.165) is 36.7 Å². The molecular weight excluding hydrogens is 362 g/mol. The molecule has 0 aromatic carbocycles. The monoisotopic (exact) mass is 385 g/mol. The average molecular weight is 386 g/mol. The minimum atomic E-state index is -0.0902. The predicted molar refractivity (Wildman–Crippen MR) is 92.7 cm³/mol. The van der Waals surface area contributed by atoms with Crippen LogP contribution in [0.2, 0.25) is 0 Å². The topological polar surface area (TPSA) is 72.4 Å².